The molecule has 2 aromatic carbocycles. The van der Waals surface area contributed by atoms with Gasteiger partial charge in [-0.2, -0.15) is 0 Å². The number of pyridine rings is 1. The Bertz CT molecular complexity index is 1560. The fraction of sp³-hybridized carbons (Fsp3) is 0.111. The molecule has 3 aromatic heterocycles. The van der Waals surface area contributed by atoms with Crippen LogP contribution in [0.15, 0.2) is 89.3 Å². The van der Waals surface area contributed by atoms with E-state index in [1.165, 1.54) is 36.7 Å². The van der Waals surface area contributed by atoms with Crippen LogP contribution in [0.4, 0.5) is 17.2 Å². The van der Waals surface area contributed by atoms with Gasteiger partial charge in [0.1, 0.15) is 23.6 Å². The van der Waals surface area contributed by atoms with Gasteiger partial charge in [-0.25, -0.2) is 19.9 Å². The third-order valence-electron chi connectivity index (χ3n) is 5.46. The molecule has 3 N–H and O–H groups in total. The fourth-order valence-corrected chi connectivity index (χ4v) is 4.43. The maximum Gasteiger partial charge on any atom is 0.275 e. The van der Waals surface area contributed by atoms with Crippen LogP contribution in [0.1, 0.15) is 35.9 Å². The molecule has 37 heavy (non-hydrogen) atoms. The Morgan fingerprint density at radius 2 is 1.81 bits per heavy atom. The zero-order valence-corrected chi connectivity index (χ0v) is 20.9. The second-order valence-corrected chi connectivity index (χ2v) is 9.58. The van der Waals surface area contributed by atoms with Crippen LogP contribution in [0.2, 0.25) is 0 Å². The van der Waals surface area contributed by atoms with Crippen molar-refractivity contribution in [3.05, 3.63) is 90.9 Å². The Morgan fingerprint density at radius 1 is 0.973 bits per heavy atom. The smallest absolute Gasteiger partial charge is 0.275 e. The van der Waals surface area contributed by atoms with Crippen LogP contribution in [0.25, 0.3) is 11.0 Å². The highest BCUT2D eigenvalue weighted by Gasteiger charge is 2.14. The molecule has 0 spiro atoms. The van der Waals surface area contributed by atoms with E-state index in [0.29, 0.717) is 17.2 Å². The molecular formula is C27H23N7O2S. The highest BCUT2D eigenvalue weighted by molar-refractivity contribution is 7.99. The van der Waals surface area contributed by atoms with Gasteiger partial charge in [0.05, 0.1) is 17.3 Å². The lowest BCUT2D eigenvalue weighted by Crippen LogP contribution is -2.14. The molecule has 1 amide bonds. The second kappa shape index (κ2) is 10.6. The average Bonchev–Trinajstić information content (AvgIpc) is 2.91. The molecule has 9 nitrogen and oxygen atoms in total. The van der Waals surface area contributed by atoms with E-state index in [2.05, 4.69) is 49.4 Å². The van der Waals surface area contributed by atoms with Crippen molar-refractivity contribution in [1.29, 1.82) is 0 Å². The number of carbonyl (C=O) groups excluding carboxylic acids is 1. The molecule has 5 rings (SSSR count). The van der Waals surface area contributed by atoms with Crippen LogP contribution in [0.3, 0.4) is 0 Å². The number of phenols is 1. The lowest BCUT2D eigenvalue weighted by atomic mass is 10.1. The predicted molar refractivity (Wildman–Crippen MR) is 143 cm³/mol. The maximum atomic E-state index is 12.7. The highest BCUT2D eigenvalue weighted by Crippen LogP contribution is 2.38. The van der Waals surface area contributed by atoms with Gasteiger partial charge in [0, 0.05) is 33.6 Å². The van der Waals surface area contributed by atoms with Gasteiger partial charge in [-0.1, -0.05) is 25.6 Å². The largest absolute Gasteiger partial charge is 0.508 e. The van der Waals surface area contributed by atoms with Gasteiger partial charge < -0.3 is 15.7 Å². The zero-order chi connectivity index (χ0) is 25.8. The van der Waals surface area contributed by atoms with Crippen molar-refractivity contribution in [3.8, 4) is 5.75 Å². The molecule has 0 unspecified atom stereocenters. The first kappa shape index (κ1) is 24.1. The first-order valence-electron chi connectivity index (χ1n) is 11.5. The monoisotopic (exact) mass is 509 g/mol. The van der Waals surface area contributed by atoms with Gasteiger partial charge in [-0.3, -0.25) is 9.78 Å². The summed E-state index contributed by atoms with van der Waals surface area (Å²) >= 11 is 1.51. The van der Waals surface area contributed by atoms with E-state index < -0.39 is 0 Å². The standard InChI is InChI=1S/C27H23N7O2S/c1-16(2)21-9-8-20-25(33-21)30-15-31-26(20)34-22-13-17(32-27(36)23-14-28-11-12-29-23)3-10-24(22)37-19-6-4-18(35)5-7-19/h3-16,35H,1-2H3,(H,32,36)(H,30,31,33,34). The van der Waals surface area contributed by atoms with Gasteiger partial charge in [-0.15, -0.1) is 0 Å². The molecule has 0 aliphatic heterocycles. The van der Waals surface area contributed by atoms with Crippen LogP contribution in [-0.4, -0.2) is 35.9 Å². The summed E-state index contributed by atoms with van der Waals surface area (Å²) in [7, 11) is 0. The molecule has 0 fully saturated rings. The number of benzene rings is 2. The second-order valence-electron chi connectivity index (χ2n) is 8.46. The van der Waals surface area contributed by atoms with E-state index >= 15 is 0 Å². The van der Waals surface area contributed by atoms with Gasteiger partial charge in [0.25, 0.3) is 5.91 Å². The van der Waals surface area contributed by atoms with Gasteiger partial charge in [-0.05, 0) is 60.5 Å². The van der Waals surface area contributed by atoms with E-state index in [0.717, 1.165) is 26.6 Å². The third kappa shape index (κ3) is 5.65. The lowest BCUT2D eigenvalue weighted by molar-refractivity contribution is 0.102. The minimum atomic E-state index is -0.365. The van der Waals surface area contributed by atoms with Gasteiger partial charge in [0.2, 0.25) is 0 Å². The normalized spacial score (nSPS) is 11.0. The van der Waals surface area contributed by atoms with Crippen molar-refractivity contribution in [1.82, 2.24) is 24.9 Å². The van der Waals surface area contributed by atoms with E-state index in [1.54, 1.807) is 12.1 Å². The molecule has 0 atom stereocenters. The van der Waals surface area contributed by atoms with Crippen molar-refractivity contribution in [2.75, 3.05) is 10.6 Å². The predicted octanol–water partition coefficient (Wildman–Crippen LogP) is 5.79. The quantitative estimate of drug-likeness (QED) is 0.250. The van der Waals surface area contributed by atoms with Gasteiger partial charge >= 0.3 is 0 Å². The molecule has 0 aliphatic rings. The number of aromatic nitrogens is 5. The number of nitrogens with one attached hydrogen (secondary N) is 2. The van der Waals surface area contributed by atoms with Crippen molar-refractivity contribution < 1.29 is 9.90 Å². The van der Waals surface area contributed by atoms with Gasteiger partial charge in [0.15, 0.2) is 5.65 Å². The third-order valence-corrected chi connectivity index (χ3v) is 6.54. The van der Waals surface area contributed by atoms with Crippen molar-refractivity contribution in [2.45, 2.75) is 29.6 Å². The number of rotatable bonds is 7. The minimum absolute atomic E-state index is 0.200. The maximum absolute atomic E-state index is 12.7. The number of aromatic hydroxyl groups is 1. The molecular weight excluding hydrogens is 486 g/mol. The van der Waals surface area contributed by atoms with Crippen LogP contribution >= 0.6 is 11.8 Å². The summed E-state index contributed by atoms with van der Waals surface area (Å²) in [6, 6.07) is 16.5. The summed E-state index contributed by atoms with van der Waals surface area (Å²) in [4.78, 5) is 36.0. The zero-order valence-electron chi connectivity index (χ0n) is 20.1. The van der Waals surface area contributed by atoms with Crippen LogP contribution < -0.4 is 10.6 Å². The highest BCUT2D eigenvalue weighted by atomic mass is 32.2. The van der Waals surface area contributed by atoms with Crippen molar-refractivity contribution in [2.24, 2.45) is 0 Å². The molecule has 184 valence electrons. The Morgan fingerprint density at radius 3 is 2.57 bits per heavy atom. The average molecular weight is 510 g/mol. The minimum Gasteiger partial charge on any atom is -0.508 e. The molecule has 3 heterocycles. The molecule has 0 radical (unpaired) electrons. The number of amides is 1. The summed E-state index contributed by atoms with van der Waals surface area (Å²) in [5.41, 5.74) is 3.07. The summed E-state index contributed by atoms with van der Waals surface area (Å²) in [6.45, 7) is 4.17. The molecule has 0 bridgehead atoms. The van der Waals surface area contributed by atoms with Crippen LogP contribution in [0, 0.1) is 0 Å². The molecule has 10 heteroatoms. The molecule has 5 aromatic rings. The number of hydrogen-bond donors (Lipinski definition) is 3. The van der Waals surface area contributed by atoms with Crippen LogP contribution in [-0.2, 0) is 0 Å². The Hall–Kier alpha value is -4.57. The number of anilines is 3. The SMILES string of the molecule is CC(C)c1ccc2c(Nc3cc(NC(=O)c4cnccn4)ccc3Sc3ccc(O)cc3)ncnc2n1. The number of carbonyl (C=O) groups is 1. The van der Waals surface area contributed by atoms with E-state index in [1.807, 2.05) is 42.5 Å². The molecule has 0 aliphatic carbocycles. The fourth-order valence-electron chi connectivity index (χ4n) is 3.55. The summed E-state index contributed by atoms with van der Waals surface area (Å²) in [5.74, 6) is 0.706. The Kier molecular flexibility index (Phi) is 6.91. The number of nitrogens with zero attached hydrogens (tertiary/aromatic N) is 5. The van der Waals surface area contributed by atoms with E-state index in [-0.39, 0.29) is 23.3 Å². The lowest BCUT2D eigenvalue weighted by Gasteiger charge is -2.15. The summed E-state index contributed by atoms with van der Waals surface area (Å²) in [5, 5.41) is 16.7. The molecule has 0 saturated heterocycles. The Balaban J connectivity index is 1.51. The van der Waals surface area contributed by atoms with E-state index in [4.69, 9.17) is 0 Å². The van der Waals surface area contributed by atoms with E-state index in [9.17, 15) is 9.90 Å². The Labute approximate surface area is 217 Å². The molecule has 0 saturated carbocycles. The first-order chi connectivity index (χ1) is 18.0. The first-order valence-corrected chi connectivity index (χ1v) is 12.3. The number of hydrogen-bond acceptors (Lipinski definition) is 9. The number of fused-ring (bicyclic) bond motifs is 1. The number of phenolic OH excluding ortho intramolecular Hbond substituents is 1. The topological polar surface area (TPSA) is 126 Å². The summed E-state index contributed by atoms with van der Waals surface area (Å²) in [6.07, 6.45) is 5.88. The van der Waals surface area contributed by atoms with Crippen LogP contribution in [0.5, 0.6) is 5.75 Å². The van der Waals surface area contributed by atoms with Crippen molar-refractivity contribution in [3.63, 3.8) is 0 Å². The van der Waals surface area contributed by atoms with Crippen molar-refractivity contribution >= 4 is 45.9 Å². The summed E-state index contributed by atoms with van der Waals surface area (Å²) < 4.78 is 0.